The SMILES string of the molecule is COC(=O)c1nc2c(C(F)(F)F)cc(-c3ccccc3)nn2c1Cl. The second-order valence-electron chi connectivity index (χ2n) is 4.79. The number of benzene rings is 1. The highest BCUT2D eigenvalue weighted by atomic mass is 35.5. The van der Waals surface area contributed by atoms with Crippen molar-refractivity contribution in [2.24, 2.45) is 0 Å². The fourth-order valence-electron chi connectivity index (χ4n) is 2.18. The molecule has 0 aliphatic carbocycles. The molecule has 9 heteroatoms. The lowest BCUT2D eigenvalue weighted by Gasteiger charge is -2.10. The quantitative estimate of drug-likeness (QED) is 0.655. The average Bonchev–Trinajstić information content (AvgIpc) is 2.90. The van der Waals surface area contributed by atoms with E-state index >= 15 is 0 Å². The Labute approximate surface area is 138 Å². The Kier molecular flexibility index (Phi) is 3.92. The summed E-state index contributed by atoms with van der Waals surface area (Å²) in [7, 11) is 1.08. The van der Waals surface area contributed by atoms with Crippen LogP contribution in [0.3, 0.4) is 0 Å². The highest BCUT2D eigenvalue weighted by Crippen LogP contribution is 2.35. The lowest BCUT2D eigenvalue weighted by Crippen LogP contribution is -2.10. The molecule has 0 aliphatic rings. The molecule has 1 aromatic carbocycles. The van der Waals surface area contributed by atoms with E-state index in [0.717, 1.165) is 17.7 Å². The van der Waals surface area contributed by atoms with E-state index in [4.69, 9.17) is 11.6 Å². The normalized spacial score (nSPS) is 11.7. The van der Waals surface area contributed by atoms with Crippen LogP contribution in [0, 0.1) is 0 Å². The highest BCUT2D eigenvalue weighted by Gasteiger charge is 2.36. The summed E-state index contributed by atoms with van der Waals surface area (Å²) in [6, 6.07) is 9.16. The van der Waals surface area contributed by atoms with Crippen molar-refractivity contribution in [1.82, 2.24) is 14.6 Å². The van der Waals surface area contributed by atoms with Crippen LogP contribution in [0.25, 0.3) is 16.9 Å². The fraction of sp³-hybridized carbons (Fsp3) is 0.133. The van der Waals surface area contributed by atoms with Crippen molar-refractivity contribution in [3.63, 3.8) is 0 Å². The number of carbonyl (C=O) groups is 1. The smallest absolute Gasteiger partial charge is 0.420 e. The van der Waals surface area contributed by atoms with E-state index in [0.29, 0.717) is 5.56 Å². The number of fused-ring (bicyclic) bond motifs is 1. The van der Waals surface area contributed by atoms with Crippen molar-refractivity contribution in [2.75, 3.05) is 7.11 Å². The number of aromatic nitrogens is 3. The summed E-state index contributed by atoms with van der Waals surface area (Å²) >= 11 is 5.98. The molecule has 24 heavy (non-hydrogen) atoms. The van der Waals surface area contributed by atoms with Crippen LogP contribution in [0.4, 0.5) is 13.2 Å². The minimum Gasteiger partial charge on any atom is -0.464 e. The van der Waals surface area contributed by atoms with E-state index in [-0.39, 0.29) is 10.8 Å². The second kappa shape index (κ2) is 5.79. The molecular weight excluding hydrogens is 347 g/mol. The maximum absolute atomic E-state index is 13.4. The summed E-state index contributed by atoms with van der Waals surface area (Å²) in [4.78, 5) is 15.3. The Bertz CT molecular complexity index is 923. The zero-order valence-corrected chi connectivity index (χ0v) is 12.9. The van der Waals surface area contributed by atoms with Gasteiger partial charge in [-0.2, -0.15) is 18.3 Å². The molecule has 0 spiro atoms. The van der Waals surface area contributed by atoms with Gasteiger partial charge in [0.1, 0.15) is 5.56 Å². The zero-order valence-electron chi connectivity index (χ0n) is 12.1. The van der Waals surface area contributed by atoms with Crippen LogP contribution >= 0.6 is 11.6 Å². The predicted molar refractivity (Wildman–Crippen MR) is 79.8 cm³/mol. The number of halogens is 4. The minimum atomic E-state index is -4.70. The average molecular weight is 356 g/mol. The van der Waals surface area contributed by atoms with Crippen molar-refractivity contribution in [1.29, 1.82) is 0 Å². The number of nitrogens with zero attached hydrogens (tertiary/aromatic N) is 3. The molecule has 2 aromatic heterocycles. The first-order valence-electron chi connectivity index (χ1n) is 6.63. The van der Waals surface area contributed by atoms with Gasteiger partial charge in [-0.3, -0.25) is 0 Å². The number of methoxy groups -OCH3 is 1. The summed E-state index contributed by atoms with van der Waals surface area (Å²) in [5.41, 5.74) is -1.52. The van der Waals surface area contributed by atoms with Gasteiger partial charge in [0.2, 0.25) is 0 Å². The van der Waals surface area contributed by atoms with Crippen molar-refractivity contribution in [3.05, 3.63) is 52.8 Å². The third kappa shape index (κ3) is 2.69. The van der Waals surface area contributed by atoms with Gasteiger partial charge in [-0.05, 0) is 6.07 Å². The van der Waals surface area contributed by atoms with E-state index in [9.17, 15) is 18.0 Å². The van der Waals surface area contributed by atoms with Crippen LogP contribution in [0.1, 0.15) is 16.1 Å². The van der Waals surface area contributed by atoms with Crippen molar-refractivity contribution >= 4 is 23.2 Å². The molecule has 2 heterocycles. The van der Waals surface area contributed by atoms with Crippen LogP contribution in [0.15, 0.2) is 36.4 Å². The topological polar surface area (TPSA) is 56.5 Å². The molecule has 0 fully saturated rings. The molecule has 5 nitrogen and oxygen atoms in total. The zero-order chi connectivity index (χ0) is 17.5. The lowest BCUT2D eigenvalue weighted by molar-refractivity contribution is -0.136. The molecule has 3 rings (SSSR count). The van der Waals surface area contributed by atoms with Crippen molar-refractivity contribution in [2.45, 2.75) is 6.18 Å². The summed E-state index contributed by atoms with van der Waals surface area (Å²) in [5.74, 6) is -0.945. The fourth-order valence-corrected chi connectivity index (χ4v) is 2.42. The molecule has 0 unspecified atom stereocenters. The number of hydrogen-bond donors (Lipinski definition) is 0. The summed E-state index contributed by atoms with van der Waals surface area (Å²) < 4.78 is 45.5. The molecule has 3 aromatic rings. The number of ether oxygens (including phenoxy) is 1. The van der Waals surface area contributed by atoms with Gasteiger partial charge >= 0.3 is 12.1 Å². The van der Waals surface area contributed by atoms with Crippen LogP contribution in [0.5, 0.6) is 0 Å². The highest BCUT2D eigenvalue weighted by molar-refractivity contribution is 6.32. The maximum atomic E-state index is 13.4. The largest absolute Gasteiger partial charge is 0.464 e. The van der Waals surface area contributed by atoms with Crippen LogP contribution in [-0.4, -0.2) is 27.7 Å². The lowest BCUT2D eigenvalue weighted by atomic mass is 10.1. The molecule has 0 atom stereocenters. The summed E-state index contributed by atoms with van der Waals surface area (Å²) in [6.07, 6.45) is -4.70. The molecule has 0 N–H and O–H groups in total. The Morgan fingerprint density at radius 3 is 2.50 bits per heavy atom. The predicted octanol–water partition coefficient (Wildman–Crippen LogP) is 3.86. The molecular formula is C15H9ClF3N3O2. The number of alkyl halides is 3. The Morgan fingerprint density at radius 1 is 1.25 bits per heavy atom. The third-order valence-corrected chi connectivity index (χ3v) is 3.62. The molecule has 0 aliphatic heterocycles. The van der Waals surface area contributed by atoms with Crippen LogP contribution in [-0.2, 0) is 10.9 Å². The number of esters is 1. The maximum Gasteiger partial charge on any atom is 0.420 e. The van der Waals surface area contributed by atoms with Gasteiger partial charge in [0.05, 0.1) is 12.8 Å². The molecule has 0 amide bonds. The number of carbonyl (C=O) groups excluding carboxylic acids is 1. The van der Waals surface area contributed by atoms with E-state index in [1.54, 1.807) is 30.3 Å². The van der Waals surface area contributed by atoms with E-state index in [1.165, 1.54) is 0 Å². The summed E-state index contributed by atoms with van der Waals surface area (Å²) in [6.45, 7) is 0. The van der Waals surface area contributed by atoms with E-state index < -0.39 is 29.1 Å². The van der Waals surface area contributed by atoms with Gasteiger partial charge in [-0.1, -0.05) is 41.9 Å². The molecule has 0 saturated carbocycles. The van der Waals surface area contributed by atoms with Gasteiger partial charge in [-0.15, -0.1) is 0 Å². The van der Waals surface area contributed by atoms with Crippen LogP contribution < -0.4 is 0 Å². The standard InChI is InChI=1S/C15H9ClF3N3O2/c1-24-14(23)11-12(16)22-13(20-11)9(15(17,18)19)7-10(21-22)8-5-3-2-4-6-8/h2-7H,1H3. The first-order chi connectivity index (χ1) is 11.3. The number of imidazole rings is 1. The molecule has 0 radical (unpaired) electrons. The van der Waals surface area contributed by atoms with E-state index in [1.807, 2.05) is 0 Å². The second-order valence-corrected chi connectivity index (χ2v) is 5.14. The number of rotatable bonds is 2. The van der Waals surface area contributed by atoms with E-state index in [2.05, 4.69) is 14.8 Å². The first-order valence-corrected chi connectivity index (χ1v) is 7.01. The van der Waals surface area contributed by atoms with Crippen molar-refractivity contribution < 1.29 is 22.7 Å². The molecule has 124 valence electrons. The number of hydrogen-bond acceptors (Lipinski definition) is 4. The molecule has 0 bridgehead atoms. The minimum absolute atomic E-state index is 0.0474. The molecule has 0 saturated heterocycles. The summed E-state index contributed by atoms with van der Waals surface area (Å²) in [5, 5.41) is 3.72. The van der Waals surface area contributed by atoms with Gasteiger partial charge < -0.3 is 4.74 Å². The van der Waals surface area contributed by atoms with Crippen LogP contribution in [0.2, 0.25) is 5.15 Å². The first kappa shape index (κ1) is 16.3. The Balaban J connectivity index is 2.35. The van der Waals surface area contributed by atoms with Crippen molar-refractivity contribution in [3.8, 4) is 11.3 Å². The third-order valence-electron chi connectivity index (χ3n) is 3.28. The monoisotopic (exact) mass is 355 g/mol. The van der Waals surface area contributed by atoms with Gasteiger partial charge in [0, 0.05) is 5.56 Å². The van der Waals surface area contributed by atoms with Gasteiger partial charge in [0.15, 0.2) is 16.5 Å². The Morgan fingerprint density at radius 2 is 1.92 bits per heavy atom. The van der Waals surface area contributed by atoms with Gasteiger partial charge in [0.25, 0.3) is 0 Å². The Hall–Kier alpha value is -2.61. The van der Waals surface area contributed by atoms with Gasteiger partial charge in [-0.25, -0.2) is 14.3 Å².